The zero-order valence-electron chi connectivity index (χ0n) is 21.1. The Morgan fingerprint density at radius 1 is 0.611 bits per heavy atom. The molecule has 14 heteroatoms. The molecule has 36 heavy (non-hydrogen) atoms. The van der Waals surface area contributed by atoms with E-state index in [1.807, 2.05) is 0 Å². The number of ether oxygens (including phenoxy) is 6. The van der Waals surface area contributed by atoms with Gasteiger partial charge in [0.2, 0.25) is 6.10 Å². The molecule has 2 N–H and O–H groups in total. The molecular formula is C22H34O14. The molecule has 0 aromatic rings. The molecule has 0 saturated carbocycles. The topological polar surface area (TPSA) is 198 Å². The van der Waals surface area contributed by atoms with Crippen molar-refractivity contribution in [3.8, 4) is 0 Å². The fourth-order valence-electron chi connectivity index (χ4n) is 2.81. The Kier molecular flexibility index (Phi) is 14.9. The third kappa shape index (κ3) is 11.4. The van der Waals surface area contributed by atoms with E-state index in [1.165, 1.54) is 20.8 Å². The molecule has 14 nitrogen and oxygen atoms in total. The maximum Gasteiger partial charge on any atom is 0.348 e. The van der Waals surface area contributed by atoms with Gasteiger partial charge in [-0.2, -0.15) is 0 Å². The van der Waals surface area contributed by atoms with Crippen LogP contribution in [0.4, 0.5) is 0 Å². The van der Waals surface area contributed by atoms with Gasteiger partial charge in [0.1, 0.15) is 19.1 Å². The average Bonchev–Trinajstić information content (AvgIpc) is 2.84. The first-order chi connectivity index (χ1) is 16.8. The summed E-state index contributed by atoms with van der Waals surface area (Å²) in [7, 11) is 3.08. The molecule has 0 fully saturated rings. The lowest BCUT2D eigenvalue weighted by Crippen LogP contribution is -2.41. The Morgan fingerprint density at radius 3 is 1.39 bits per heavy atom. The van der Waals surface area contributed by atoms with Gasteiger partial charge in [-0.1, -0.05) is 0 Å². The number of esters is 6. The standard InChI is InChI=1S/C22H34O14/c1-11(23)9-34-20(28)14(7-16(25)31-4)15(21(29)35-10-12(2)24)8-17(26)36-18(22(30)33-6)13(3)19(27)32-5/h11-15,18,23-24H,7-10H2,1-6H3. The predicted molar refractivity (Wildman–Crippen MR) is 117 cm³/mol. The minimum atomic E-state index is -1.75. The normalized spacial score (nSPS) is 15.7. The zero-order valence-corrected chi connectivity index (χ0v) is 21.1. The molecule has 0 heterocycles. The molecule has 0 aliphatic rings. The average molecular weight is 523 g/mol. The van der Waals surface area contributed by atoms with Gasteiger partial charge in [-0.05, 0) is 20.8 Å². The quantitative estimate of drug-likeness (QED) is 0.194. The van der Waals surface area contributed by atoms with Crippen LogP contribution in [-0.2, 0) is 57.2 Å². The summed E-state index contributed by atoms with van der Waals surface area (Å²) in [6.45, 7) is 2.90. The Hall–Kier alpha value is -3.26. The van der Waals surface area contributed by atoms with Crippen molar-refractivity contribution in [2.75, 3.05) is 34.5 Å². The van der Waals surface area contributed by atoms with Crippen LogP contribution in [0.5, 0.6) is 0 Å². The van der Waals surface area contributed by atoms with Crippen molar-refractivity contribution < 1.29 is 67.4 Å². The lowest BCUT2D eigenvalue weighted by atomic mass is 9.86. The molecule has 0 amide bonds. The Bertz CT molecular complexity index is 775. The number of rotatable bonds is 15. The first kappa shape index (κ1) is 32.7. The molecule has 0 saturated heterocycles. The summed E-state index contributed by atoms with van der Waals surface area (Å²) in [6, 6.07) is 0. The summed E-state index contributed by atoms with van der Waals surface area (Å²) in [6.07, 6.45) is -5.52. The van der Waals surface area contributed by atoms with Crippen LogP contribution in [0.25, 0.3) is 0 Å². The fraction of sp³-hybridized carbons (Fsp3) is 0.727. The van der Waals surface area contributed by atoms with Gasteiger partial charge < -0.3 is 38.6 Å². The molecule has 206 valence electrons. The van der Waals surface area contributed by atoms with Crippen molar-refractivity contribution in [2.45, 2.75) is 51.9 Å². The Labute approximate surface area is 208 Å². The van der Waals surface area contributed by atoms with Gasteiger partial charge in [0.15, 0.2) is 0 Å². The molecule has 6 atom stereocenters. The zero-order chi connectivity index (χ0) is 28.0. The third-order valence-corrected chi connectivity index (χ3v) is 4.74. The summed E-state index contributed by atoms with van der Waals surface area (Å²) >= 11 is 0. The van der Waals surface area contributed by atoms with E-state index >= 15 is 0 Å². The highest BCUT2D eigenvalue weighted by atomic mass is 16.6. The second-order valence-corrected chi connectivity index (χ2v) is 7.90. The SMILES string of the molecule is COC(=O)CC(C(=O)OCC(C)O)C(CC(=O)OC(C(=O)OC)C(C)C(=O)OC)C(=O)OCC(C)O. The van der Waals surface area contributed by atoms with Gasteiger partial charge in [0.25, 0.3) is 0 Å². The minimum absolute atomic E-state index is 0.475. The number of carbonyl (C=O) groups is 6. The van der Waals surface area contributed by atoms with Crippen LogP contribution in [0.3, 0.4) is 0 Å². The van der Waals surface area contributed by atoms with Crippen LogP contribution < -0.4 is 0 Å². The number of hydrogen-bond acceptors (Lipinski definition) is 14. The molecule has 6 unspecified atom stereocenters. The number of aliphatic hydroxyl groups excluding tert-OH is 2. The molecule has 0 radical (unpaired) electrons. The summed E-state index contributed by atoms with van der Waals surface area (Å²) in [4.78, 5) is 74.1. The van der Waals surface area contributed by atoms with Crippen molar-refractivity contribution in [3.05, 3.63) is 0 Å². The minimum Gasteiger partial charge on any atom is -0.469 e. The monoisotopic (exact) mass is 522 g/mol. The molecular weight excluding hydrogens is 488 g/mol. The van der Waals surface area contributed by atoms with Gasteiger partial charge in [-0.15, -0.1) is 0 Å². The highest BCUT2D eigenvalue weighted by Crippen LogP contribution is 2.26. The summed E-state index contributed by atoms with van der Waals surface area (Å²) in [5.41, 5.74) is 0. The number of aliphatic hydroxyl groups is 2. The van der Waals surface area contributed by atoms with Gasteiger partial charge in [-0.25, -0.2) is 4.79 Å². The second-order valence-electron chi connectivity index (χ2n) is 7.90. The highest BCUT2D eigenvalue weighted by Gasteiger charge is 2.42. The van der Waals surface area contributed by atoms with Crippen LogP contribution in [-0.4, -0.2) is 98.9 Å². The van der Waals surface area contributed by atoms with E-state index in [0.717, 1.165) is 21.3 Å². The van der Waals surface area contributed by atoms with E-state index in [-0.39, 0.29) is 0 Å². The van der Waals surface area contributed by atoms with Crippen LogP contribution in [0.2, 0.25) is 0 Å². The van der Waals surface area contributed by atoms with Crippen molar-refractivity contribution >= 4 is 35.8 Å². The lowest BCUT2D eigenvalue weighted by molar-refractivity contribution is -0.178. The third-order valence-electron chi connectivity index (χ3n) is 4.74. The molecule has 0 bridgehead atoms. The smallest absolute Gasteiger partial charge is 0.348 e. The lowest BCUT2D eigenvalue weighted by Gasteiger charge is -2.25. The van der Waals surface area contributed by atoms with Crippen LogP contribution in [0, 0.1) is 17.8 Å². The van der Waals surface area contributed by atoms with E-state index in [2.05, 4.69) is 14.2 Å². The van der Waals surface area contributed by atoms with Gasteiger partial charge >= 0.3 is 35.8 Å². The summed E-state index contributed by atoms with van der Waals surface area (Å²) in [5.74, 6) is -11.0. The molecule has 0 aromatic heterocycles. The first-order valence-corrected chi connectivity index (χ1v) is 10.9. The molecule has 0 rings (SSSR count). The van der Waals surface area contributed by atoms with Crippen LogP contribution in [0.15, 0.2) is 0 Å². The first-order valence-electron chi connectivity index (χ1n) is 10.9. The van der Waals surface area contributed by atoms with Crippen molar-refractivity contribution in [2.24, 2.45) is 17.8 Å². The second kappa shape index (κ2) is 16.4. The maximum absolute atomic E-state index is 12.8. The van der Waals surface area contributed by atoms with Crippen molar-refractivity contribution in [1.29, 1.82) is 0 Å². The van der Waals surface area contributed by atoms with E-state index in [0.29, 0.717) is 0 Å². The van der Waals surface area contributed by atoms with E-state index in [4.69, 9.17) is 14.2 Å². The molecule has 0 aromatic carbocycles. The Balaban J connectivity index is 6.07. The highest BCUT2D eigenvalue weighted by molar-refractivity contribution is 5.90. The molecule has 0 aliphatic carbocycles. The fourth-order valence-corrected chi connectivity index (χ4v) is 2.81. The van der Waals surface area contributed by atoms with E-state index in [9.17, 15) is 39.0 Å². The molecule has 0 spiro atoms. The van der Waals surface area contributed by atoms with Crippen molar-refractivity contribution in [3.63, 3.8) is 0 Å². The largest absolute Gasteiger partial charge is 0.469 e. The predicted octanol–water partition coefficient (Wildman–Crippen LogP) is -1.09. The number of carbonyl (C=O) groups excluding carboxylic acids is 6. The maximum atomic E-state index is 12.8. The van der Waals surface area contributed by atoms with Gasteiger partial charge in [-0.3, -0.25) is 24.0 Å². The Morgan fingerprint density at radius 2 is 1.03 bits per heavy atom. The van der Waals surface area contributed by atoms with Crippen LogP contribution >= 0.6 is 0 Å². The van der Waals surface area contributed by atoms with Crippen molar-refractivity contribution in [1.82, 2.24) is 0 Å². The van der Waals surface area contributed by atoms with Crippen LogP contribution in [0.1, 0.15) is 33.6 Å². The van der Waals surface area contributed by atoms with E-state index < -0.39 is 97.9 Å². The number of hydrogen-bond donors (Lipinski definition) is 2. The molecule has 0 aliphatic heterocycles. The van der Waals surface area contributed by atoms with Gasteiger partial charge in [0, 0.05) is 0 Å². The summed E-state index contributed by atoms with van der Waals surface area (Å²) in [5, 5.41) is 18.8. The van der Waals surface area contributed by atoms with Gasteiger partial charge in [0.05, 0.1) is 58.2 Å². The van der Waals surface area contributed by atoms with E-state index in [1.54, 1.807) is 0 Å². The summed E-state index contributed by atoms with van der Waals surface area (Å²) < 4.78 is 28.6. The number of methoxy groups -OCH3 is 3.